The van der Waals surface area contributed by atoms with E-state index >= 15 is 0 Å². The van der Waals surface area contributed by atoms with Gasteiger partial charge in [0.15, 0.2) is 0 Å². The van der Waals surface area contributed by atoms with E-state index in [1.54, 1.807) is 24.3 Å². The van der Waals surface area contributed by atoms with E-state index in [1.165, 1.54) is 32.1 Å². The lowest BCUT2D eigenvalue weighted by Gasteiger charge is -2.11. The number of unbranched alkanes of at least 4 members (excludes halogenated alkanes) is 5. The number of nitrogens with zero attached hydrogens (tertiary/aromatic N) is 1. The normalized spacial score (nSPS) is 11.9. The lowest BCUT2D eigenvalue weighted by Crippen LogP contribution is -2.21. The Morgan fingerprint density at radius 1 is 0.794 bits per heavy atom. The summed E-state index contributed by atoms with van der Waals surface area (Å²) in [5.74, 6) is 0.796. The van der Waals surface area contributed by atoms with Crippen molar-refractivity contribution in [3.05, 3.63) is 95.6 Å². The number of rotatable bonds is 13. The van der Waals surface area contributed by atoms with E-state index in [2.05, 4.69) is 16.9 Å². The van der Waals surface area contributed by atoms with Gasteiger partial charge in [-0.25, -0.2) is 0 Å². The molecule has 3 rings (SSSR count). The quantitative estimate of drug-likeness (QED) is 0.174. The summed E-state index contributed by atoms with van der Waals surface area (Å²) in [4.78, 5) is 2.57. The smallest absolute Gasteiger partial charge is 0.276 e. The van der Waals surface area contributed by atoms with Crippen LogP contribution in [-0.2, 0) is 10.0 Å². The van der Waals surface area contributed by atoms with Crippen molar-refractivity contribution in [2.24, 2.45) is 5.10 Å². The molecule has 0 aliphatic rings. The monoisotopic (exact) mass is 478 g/mol. The first-order valence-electron chi connectivity index (χ1n) is 11.9. The minimum atomic E-state index is -3.78. The van der Waals surface area contributed by atoms with Crippen molar-refractivity contribution in [2.45, 2.75) is 57.3 Å². The summed E-state index contributed by atoms with van der Waals surface area (Å²) in [5.41, 5.74) is 3.14. The zero-order chi connectivity index (χ0) is 24.2. The largest absolute Gasteiger partial charge is 0.494 e. The van der Waals surface area contributed by atoms with Crippen LogP contribution >= 0.6 is 0 Å². The molecule has 0 spiro atoms. The highest BCUT2D eigenvalue weighted by molar-refractivity contribution is 7.89. The third kappa shape index (κ3) is 7.73. The topological polar surface area (TPSA) is 67.8 Å². The van der Waals surface area contributed by atoms with Crippen molar-refractivity contribution in [1.82, 2.24) is 4.83 Å². The third-order valence-corrected chi connectivity index (χ3v) is 6.77. The molecule has 0 aliphatic heterocycles. The molecule has 180 valence electrons. The number of aryl methyl sites for hydroxylation is 1. The Bertz CT molecular complexity index is 1140. The third-order valence-electron chi connectivity index (χ3n) is 5.55. The number of nitrogens with one attached hydrogen (secondary N) is 1. The standard InChI is InChI=1S/C28H34N2O3S/c1-3-4-5-6-7-11-22-33-26-18-16-25(17-19-26)28(24-12-9-8-10-13-24)29-30-34(31,32)27-20-14-23(2)15-21-27/h8-10,12-21,30H,3-7,11,22H2,1-2H3/b29-28+. The van der Waals surface area contributed by atoms with Gasteiger partial charge in [-0.1, -0.05) is 87.1 Å². The molecule has 0 heterocycles. The first-order valence-corrected chi connectivity index (χ1v) is 13.4. The molecule has 34 heavy (non-hydrogen) atoms. The first kappa shape index (κ1) is 25.5. The maximum Gasteiger partial charge on any atom is 0.276 e. The molecular formula is C28H34N2O3S. The minimum Gasteiger partial charge on any atom is -0.494 e. The average Bonchev–Trinajstić information content (AvgIpc) is 2.85. The van der Waals surface area contributed by atoms with Crippen molar-refractivity contribution < 1.29 is 13.2 Å². The van der Waals surface area contributed by atoms with Gasteiger partial charge < -0.3 is 4.74 Å². The van der Waals surface area contributed by atoms with Crippen LogP contribution in [0.5, 0.6) is 5.75 Å². The zero-order valence-electron chi connectivity index (χ0n) is 20.0. The molecular weight excluding hydrogens is 444 g/mol. The number of ether oxygens (including phenoxy) is 1. The van der Waals surface area contributed by atoms with E-state index in [1.807, 2.05) is 61.5 Å². The molecule has 0 saturated heterocycles. The van der Waals surface area contributed by atoms with Gasteiger partial charge >= 0.3 is 0 Å². The fraction of sp³-hybridized carbons (Fsp3) is 0.321. The molecule has 0 atom stereocenters. The van der Waals surface area contributed by atoms with E-state index in [0.29, 0.717) is 12.3 Å². The fourth-order valence-corrected chi connectivity index (χ4v) is 4.36. The van der Waals surface area contributed by atoms with Gasteiger partial charge in [-0.3, -0.25) is 0 Å². The molecule has 0 radical (unpaired) electrons. The first-order chi connectivity index (χ1) is 16.5. The van der Waals surface area contributed by atoms with Crippen LogP contribution in [0.25, 0.3) is 0 Å². The van der Waals surface area contributed by atoms with Gasteiger partial charge in [0.25, 0.3) is 10.0 Å². The zero-order valence-corrected chi connectivity index (χ0v) is 20.9. The van der Waals surface area contributed by atoms with E-state index in [0.717, 1.165) is 28.9 Å². The number of hydrogen-bond donors (Lipinski definition) is 1. The maximum atomic E-state index is 12.8. The summed E-state index contributed by atoms with van der Waals surface area (Å²) in [6, 6.07) is 23.8. The Morgan fingerprint density at radius 2 is 1.41 bits per heavy atom. The number of benzene rings is 3. The number of sulfonamides is 1. The molecule has 0 amide bonds. The molecule has 0 bridgehead atoms. The van der Waals surface area contributed by atoms with Gasteiger partial charge in [0.1, 0.15) is 5.75 Å². The van der Waals surface area contributed by atoms with Crippen LogP contribution in [0.3, 0.4) is 0 Å². The van der Waals surface area contributed by atoms with Crippen LogP contribution in [0.1, 0.15) is 62.1 Å². The average molecular weight is 479 g/mol. The van der Waals surface area contributed by atoms with Crippen molar-refractivity contribution in [3.63, 3.8) is 0 Å². The minimum absolute atomic E-state index is 0.174. The predicted octanol–water partition coefficient (Wildman–Crippen LogP) is 6.47. The number of hydrogen-bond acceptors (Lipinski definition) is 4. The molecule has 6 heteroatoms. The van der Waals surface area contributed by atoms with Gasteiger partial charge in [0.05, 0.1) is 17.2 Å². The lowest BCUT2D eigenvalue weighted by atomic mass is 10.0. The summed E-state index contributed by atoms with van der Waals surface area (Å²) >= 11 is 0. The maximum absolute atomic E-state index is 12.8. The molecule has 0 fully saturated rings. The molecule has 0 saturated carbocycles. The molecule has 3 aromatic carbocycles. The van der Waals surface area contributed by atoms with E-state index < -0.39 is 10.0 Å². The molecule has 5 nitrogen and oxygen atoms in total. The summed E-state index contributed by atoms with van der Waals surface area (Å²) in [6.07, 6.45) is 7.33. The molecule has 1 N–H and O–H groups in total. The Labute approximate surface area is 203 Å². The van der Waals surface area contributed by atoms with Crippen molar-refractivity contribution in [3.8, 4) is 5.75 Å². The van der Waals surface area contributed by atoms with Crippen LogP contribution in [0.2, 0.25) is 0 Å². The molecule has 3 aromatic rings. The van der Waals surface area contributed by atoms with Crippen LogP contribution in [0.4, 0.5) is 0 Å². The van der Waals surface area contributed by atoms with Gasteiger partial charge in [0.2, 0.25) is 0 Å². The van der Waals surface area contributed by atoms with E-state index in [9.17, 15) is 8.42 Å². The van der Waals surface area contributed by atoms with Crippen LogP contribution in [0, 0.1) is 6.92 Å². The number of hydrazone groups is 1. The highest BCUT2D eigenvalue weighted by Crippen LogP contribution is 2.18. The van der Waals surface area contributed by atoms with Crippen LogP contribution < -0.4 is 9.57 Å². The second kappa shape index (κ2) is 12.9. The molecule has 0 aromatic heterocycles. The van der Waals surface area contributed by atoms with Gasteiger partial charge in [0, 0.05) is 11.1 Å². The second-order valence-electron chi connectivity index (χ2n) is 8.37. The molecule has 0 unspecified atom stereocenters. The van der Waals surface area contributed by atoms with Crippen LogP contribution in [-0.4, -0.2) is 20.7 Å². The molecule has 0 aliphatic carbocycles. The van der Waals surface area contributed by atoms with Crippen molar-refractivity contribution in [2.75, 3.05) is 6.61 Å². The Hall–Kier alpha value is -3.12. The highest BCUT2D eigenvalue weighted by atomic mass is 32.2. The van der Waals surface area contributed by atoms with Crippen molar-refractivity contribution >= 4 is 15.7 Å². The second-order valence-corrected chi connectivity index (χ2v) is 10.0. The summed E-state index contributed by atoms with van der Waals surface area (Å²) in [5, 5.41) is 4.31. The predicted molar refractivity (Wildman–Crippen MR) is 139 cm³/mol. The summed E-state index contributed by atoms with van der Waals surface area (Å²) < 4.78 is 31.4. The Morgan fingerprint density at radius 3 is 2.09 bits per heavy atom. The van der Waals surface area contributed by atoms with E-state index in [4.69, 9.17) is 4.74 Å². The SMILES string of the molecule is CCCCCCCCOc1ccc(/C(=N/NS(=O)(=O)c2ccc(C)cc2)c2ccccc2)cc1. The Balaban J connectivity index is 1.71. The van der Waals surface area contributed by atoms with Gasteiger partial charge in [-0.05, 0) is 49.7 Å². The summed E-state index contributed by atoms with van der Waals surface area (Å²) in [7, 11) is -3.78. The van der Waals surface area contributed by atoms with Gasteiger partial charge in [-0.15, -0.1) is 0 Å². The lowest BCUT2D eigenvalue weighted by molar-refractivity contribution is 0.304. The summed E-state index contributed by atoms with van der Waals surface area (Å²) in [6.45, 7) is 4.83. The fourth-order valence-electron chi connectivity index (χ4n) is 3.55. The van der Waals surface area contributed by atoms with E-state index in [-0.39, 0.29) is 4.90 Å². The van der Waals surface area contributed by atoms with Gasteiger partial charge in [-0.2, -0.15) is 18.4 Å². The van der Waals surface area contributed by atoms with Crippen molar-refractivity contribution in [1.29, 1.82) is 0 Å². The van der Waals surface area contributed by atoms with Crippen LogP contribution in [0.15, 0.2) is 88.9 Å². The highest BCUT2D eigenvalue weighted by Gasteiger charge is 2.14. The Kier molecular flexibility index (Phi) is 9.71.